The van der Waals surface area contributed by atoms with Crippen molar-refractivity contribution in [1.82, 2.24) is 5.32 Å². The molecule has 0 saturated carbocycles. The van der Waals surface area contributed by atoms with Crippen molar-refractivity contribution in [3.05, 3.63) is 74.1 Å². The molecule has 0 unspecified atom stereocenters. The number of hydrogen-bond acceptors (Lipinski definition) is 5. The largest absolute Gasteiger partial charge is 0.343 e. The zero-order chi connectivity index (χ0) is 19.2. The van der Waals surface area contributed by atoms with E-state index in [1.54, 1.807) is 24.3 Å². The van der Waals surface area contributed by atoms with Gasteiger partial charge in [0.1, 0.15) is 0 Å². The molecule has 7 heteroatoms. The van der Waals surface area contributed by atoms with Crippen molar-refractivity contribution in [2.24, 2.45) is 0 Å². The highest BCUT2D eigenvalue weighted by Crippen LogP contribution is 2.21. The summed E-state index contributed by atoms with van der Waals surface area (Å²) in [4.78, 5) is 37.9. The van der Waals surface area contributed by atoms with E-state index < -0.39 is 11.8 Å². The van der Waals surface area contributed by atoms with Crippen LogP contribution in [-0.4, -0.2) is 17.6 Å². The Morgan fingerprint density at radius 3 is 2.56 bits per heavy atom. The molecule has 3 rings (SSSR count). The van der Waals surface area contributed by atoms with Gasteiger partial charge < -0.3 is 10.6 Å². The molecule has 2 amide bonds. The third-order valence-electron chi connectivity index (χ3n) is 3.94. The van der Waals surface area contributed by atoms with Gasteiger partial charge in [0.25, 0.3) is 0 Å². The van der Waals surface area contributed by atoms with Crippen LogP contribution in [0, 0.1) is 0 Å². The van der Waals surface area contributed by atoms with E-state index in [-0.39, 0.29) is 12.3 Å². The van der Waals surface area contributed by atoms with Crippen molar-refractivity contribution in [3.63, 3.8) is 0 Å². The Kier molecular flexibility index (Phi) is 6.16. The first-order valence-electron chi connectivity index (χ1n) is 8.41. The number of carbonyl (C=O) groups excluding carboxylic acids is 3. The number of nitrogens with one attached hydrogen (secondary N) is 2. The summed E-state index contributed by atoms with van der Waals surface area (Å²) in [7, 11) is 0. The number of anilines is 1. The molecule has 0 aliphatic rings. The van der Waals surface area contributed by atoms with Gasteiger partial charge in [-0.15, -0.1) is 11.3 Å². The lowest BCUT2D eigenvalue weighted by atomic mass is 10.1. The van der Waals surface area contributed by atoms with E-state index in [1.807, 2.05) is 35.9 Å². The maximum absolute atomic E-state index is 12.3. The summed E-state index contributed by atoms with van der Waals surface area (Å²) in [5.74, 6) is -1.45. The molecule has 0 bridgehead atoms. The molecule has 27 heavy (non-hydrogen) atoms. The minimum absolute atomic E-state index is 0.0345. The molecule has 0 aliphatic carbocycles. The first kappa shape index (κ1) is 19.0. The van der Waals surface area contributed by atoms with Gasteiger partial charge in [-0.05, 0) is 41.6 Å². The zero-order valence-corrected chi connectivity index (χ0v) is 16.3. The van der Waals surface area contributed by atoms with Crippen molar-refractivity contribution >= 4 is 46.0 Å². The molecule has 0 atom stereocenters. The standard InChI is InChI=1S/C20H18N2O3S2/c1-2-13-5-3-4-6-16(13)22-20(25)19(24)21-11-15-7-8-17(27-15)18(23)14-9-10-26-12-14/h3-10,12H,2,11H2,1H3,(H,21,24)(H,22,25). The van der Waals surface area contributed by atoms with E-state index in [0.717, 1.165) is 16.9 Å². The Balaban J connectivity index is 1.56. The second-order valence-corrected chi connectivity index (χ2v) is 7.70. The Morgan fingerprint density at radius 1 is 1.00 bits per heavy atom. The third-order valence-corrected chi connectivity index (χ3v) is 5.71. The van der Waals surface area contributed by atoms with Gasteiger partial charge in [-0.25, -0.2) is 0 Å². The van der Waals surface area contributed by atoms with E-state index in [9.17, 15) is 14.4 Å². The minimum Gasteiger partial charge on any atom is -0.343 e. The molecule has 2 N–H and O–H groups in total. The summed E-state index contributed by atoms with van der Waals surface area (Å²) in [6.07, 6.45) is 0.758. The van der Waals surface area contributed by atoms with Gasteiger partial charge in [-0.3, -0.25) is 14.4 Å². The van der Waals surface area contributed by atoms with E-state index in [4.69, 9.17) is 0 Å². The second kappa shape index (κ2) is 8.75. The van der Waals surface area contributed by atoms with E-state index in [1.165, 1.54) is 22.7 Å². The lowest BCUT2D eigenvalue weighted by molar-refractivity contribution is -0.136. The maximum atomic E-state index is 12.3. The van der Waals surface area contributed by atoms with Crippen LogP contribution < -0.4 is 10.6 Å². The van der Waals surface area contributed by atoms with Crippen LogP contribution in [0.1, 0.15) is 32.6 Å². The number of rotatable bonds is 6. The Labute approximate surface area is 165 Å². The summed E-state index contributed by atoms with van der Waals surface area (Å²) in [6.45, 7) is 2.18. The molecule has 0 aliphatic heterocycles. The number of aryl methyl sites for hydroxylation is 1. The van der Waals surface area contributed by atoms with Gasteiger partial charge >= 0.3 is 11.8 Å². The molecule has 138 valence electrons. The topological polar surface area (TPSA) is 75.3 Å². The monoisotopic (exact) mass is 398 g/mol. The molecule has 1 aromatic carbocycles. The molecular weight excluding hydrogens is 380 g/mol. The van der Waals surface area contributed by atoms with Gasteiger partial charge in [-0.1, -0.05) is 25.1 Å². The van der Waals surface area contributed by atoms with Crippen molar-refractivity contribution in [3.8, 4) is 0 Å². The fraction of sp³-hybridized carbons (Fsp3) is 0.150. The minimum atomic E-state index is -0.708. The number of hydrogen-bond donors (Lipinski definition) is 2. The highest BCUT2D eigenvalue weighted by molar-refractivity contribution is 7.14. The van der Waals surface area contributed by atoms with Crippen LogP contribution >= 0.6 is 22.7 Å². The Bertz CT molecular complexity index is 961. The Hall–Kier alpha value is -2.77. The number of para-hydroxylation sites is 1. The zero-order valence-electron chi connectivity index (χ0n) is 14.7. The summed E-state index contributed by atoms with van der Waals surface area (Å²) < 4.78 is 0. The second-order valence-electron chi connectivity index (χ2n) is 5.75. The van der Waals surface area contributed by atoms with Gasteiger partial charge in [0.2, 0.25) is 5.78 Å². The van der Waals surface area contributed by atoms with Gasteiger partial charge in [0.05, 0.1) is 11.4 Å². The van der Waals surface area contributed by atoms with Crippen LogP contribution in [0.5, 0.6) is 0 Å². The molecule has 3 aromatic rings. The molecule has 0 radical (unpaired) electrons. The van der Waals surface area contributed by atoms with Crippen molar-refractivity contribution in [2.45, 2.75) is 19.9 Å². The van der Waals surface area contributed by atoms with Crippen LogP contribution in [0.15, 0.2) is 53.2 Å². The lowest BCUT2D eigenvalue weighted by Crippen LogP contribution is -2.35. The van der Waals surface area contributed by atoms with E-state index in [2.05, 4.69) is 10.6 Å². The molecule has 0 spiro atoms. The SMILES string of the molecule is CCc1ccccc1NC(=O)C(=O)NCc1ccc(C(=O)c2ccsc2)s1. The summed E-state index contributed by atoms with van der Waals surface area (Å²) >= 11 is 2.78. The first-order chi connectivity index (χ1) is 13.1. The average Bonchev–Trinajstić information content (AvgIpc) is 3.38. The van der Waals surface area contributed by atoms with E-state index in [0.29, 0.717) is 16.1 Å². The number of benzene rings is 1. The van der Waals surface area contributed by atoms with E-state index >= 15 is 0 Å². The highest BCUT2D eigenvalue weighted by atomic mass is 32.1. The fourth-order valence-corrected chi connectivity index (χ4v) is 4.05. The van der Waals surface area contributed by atoms with Crippen LogP contribution in [0.3, 0.4) is 0 Å². The molecular formula is C20H18N2O3S2. The van der Waals surface area contributed by atoms with Crippen LogP contribution in [-0.2, 0) is 22.6 Å². The normalized spacial score (nSPS) is 10.4. The van der Waals surface area contributed by atoms with Gasteiger partial charge in [0, 0.05) is 21.5 Å². The van der Waals surface area contributed by atoms with Crippen LogP contribution in [0.4, 0.5) is 5.69 Å². The highest BCUT2D eigenvalue weighted by Gasteiger charge is 2.16. The maximum Gasteiger partial charge on any atom is 0.313 e. The molecule has 0 fully saturated rings. The first-order valence-corrected chi connectivity index (χ1v) is 10.2. The van der Waals surface area contributed by atoms with Crippen molar-refractivity contribution in [1.29, 1.82) is 0 Å². The number of carbonyl (C=O) groups is 3. The predicted octanol–water partition coefficient (Wildman–Crippen LogP) is 3.86. The molecule has 5 nitrogen and oxygen atoms in total. The number of ketones is 1. The predicted molar refractivity (Wildman–Crippen MR) is 108 cm³/mol. The number of amides is 2. The molecule has 2 heterocycles. The molecule has 2 aromatic heterocycles. The van der Waals surface area contributed by atoms with Gasteiger partial charge in [0.15, 0.2) is 0 Å². The third kappa shape index (κ3) is 4.69. The average molecular weight is 399 g/mol. The summed E-state index contributed by atoms with van der Waals surface area (Å²) in [5, 5.41) is 8.90. The van der Waals surface area contributed by atoms with Crippen molar-refractivity contribution < 1.29 is 14.4 Å². The number of thiophene rings is 2. The quantitative estimate of drug-likeness (QED) is 0.489. The van der Waals surface area contributed by atoms with Gasteiger partial charge in [-0.2, -0.15) is 11.3 Å². The van der Waals surface area contributed by atoms with Crippen LogP contribution in [0.2, 0.25) is 0 Å². The fourth-order valence-electron chi connectivity index (χ4n) is 2.51. The van der Waals surface area contributed by atoms with Crippen LogP contribution in [0.25, 0.3) is 0 Å². The summed E-state index contributed by atoms with van der Waals surface area (Å²) in [5.41, 5.74) is 2.26. The Morgan fingerprint density at radius 2 is 1.81 bits per heavy atom. The molecule has 0 saturated heterocycles. The lowest BCUT2D eigenvalue weighted by Gasteiger charge is -2.09. The van der Waals surface area contributed by atoms with Crippen molar-refractivity contribution in [2.75, 3.05) is 5.32 Å². The summed E-state index contributed by atoms with van der Waals surface area (Å²) in [6, 6.07) is 12.7. The smallest absolute Gasteiger partial charge is 0.313 e.